The Morgan fingerprint density at radius 1 is 1.06 bits per heavy atom. The third-order valence-corrected chi connectivity index (χ3v) is 2.51. The number of anilines is 2. The largest absolute Gasteiger partial charge is 0.508 e. The molecular weight excluding hydrogens is 230 g/mol. The lowest BCUT2D eigenvalue weighted by Gasteiger charge is -2.10. The monoisotopic (exact) mass is 243 g/mol. The third kappa shape index (κ3) is 3.01. The Morgan fingerprint density at radius 3 is 2.39 bits per heavy atom. The maximum Gasteiger partial charge on any atom is 0.307 e. The summed E-state index contributed by atoms with van der Waals surface area (Å²) >= 11 is 0. The second-order valence-corrected chi connectivity index (χ2v) is 3.90. The van der Waals surface area contributed by atoms with E-state index in [0.717, 1.165) is 16.9 Å². The average molecular weight is 243 g/mol. The summed E-state index contributed by atoms with van der Waals surface area (Å²) in [5.41, 5.74) is 2.27. The molecule has 0 amide bonds. The Kier molecular flexibility index (Phi) is 3.48. The van der Waals surface area contributed by atoms with Crippen molar-refractivity contribution in [2.75, 3.05) is 5.32 Å². The van der Waals surface area contributed by atoms with Crippen LogP contribution in [0.25, 0.3) is 0 Å². The summed E-state index contributed by atoms with van der Waals surface area (Å²) in [7, 11) is 0. The highest BCUT2D eigenvalue weighted by atomic mass is 16.4. The number of carboxylic acid groups (broad SMARTS) is 1. The number of carboxylic acids is 1. The third-order valence-electron chi connectivity index (χ3n) is 2.51. The first kappa shape index (κ1) is 12.0. The number of phenolic OH excluding ortho intramolecular Hbond substituents is 1. The number of aromatic hydroxyl groups is 1. The molecule has 3 N–H and O–H groups in total. The predicted molar refractivity (Wildman–Crippen MR) is 69.2 cm³/mol. The molecule has 0 aliphatic carbocycles. The van der Waals surface area contributed by atoms with Crippen molar-refractivity contribution in [1.29, 1.82) is 0 Å². The lowest BCUT2D eigenvalue weighted by atomic mass is 10.1. The van der Waals surface area contributed by atoms with Gasteiger partial charge in [-0.2, -0.15) is 0 Å². The molecule has 0 spiro atoms. The predicted octanol–water partition coefficient (Wildman–Crippen LogP) is 2.76. The van der Waals surface area contributed by atoms with Gasteiger partial charge in [0.1, 0.15) is 5.75 Å². The quantitative estimate of drug-likeness (QED) is 0.722. The molecule has 4 heteroatoms. The van der Waals surface area contributed by atoms with Gasteiger partial charge in [-0.15, -0.1) is 0 Å². The molecule has 2 aromatic rings. The lowest BCUT2D eigenvalue weighted by Crippen LogP contribution is -2.03. The van der Waals surface area contributed by atoms with E-state index in [9.17, 15) is 9.90 Å². The molecule has 2 aromatic carbocycles. The van der Waals surface area contributed by atoms with Crippen LogP contribution >= 0.6 is 0 Å². The minimum Gasteiger partial charge on any atom is -0.508 e. The molecule has 0 unspecified atom stereocenters. The van der Waals surface area contributed by atoms with Gasteiger partial charge < -0.3 is 15.5 Å². The normalized spacial score (nSPS) is 10.0. The minimum absolute atomic E-state index is 0.0265. The summed E-state index contributed by atoms with van der Waals surface area (Å²) in [5.74, 6) is -0.672. The van der Waals surface area contributed by atoms with Crippen LogP contribution in [0.4, 0.5) is 11.4 Å². The van der Waals surface area contributed by atoms with Gasteiger partial charge in [0.15, 0.2) is 0 Å². The first-order valence-corrected chi connectivity index (χ1v) is 5.51. The SMILES string of the molecule is O=C(O)Cc1ccccc1Nc1ccc(O)cc1. The van der Waals surface area contributed by atoms with Crippen molar-refractivity contribution in [2.45, 2.75) is 6.42 Å². The molecule has 4 nitrogen and oxygen atoms in total. The van der Waals surface area contributed by atoms with Crippen molar-refractivity contribution in [2.24, 2.45) is 0 Å². The van der Waals surface area contributed by atoms with E-state index in [1.54, 1.807) is 36.4 Å². The highest BCUT2D eigenvalue weighted by molar-refractivity contribution is 5.75. The number of phenols is 1. The first-order chi connectivity index (χ1) is 8.65. The molecule has 0 heterocycles. The van der Waals surface area contributed by atoms with Crippen LogP contribution in [0.2, 0.25) is 0 Å². The minimum atomic E-state index is -0.866. The van der Waals surface area contributed by atoms with Crippen LogP contribution in [-0.4, -0.2) is 16.2 Å². The molecule has 0 radical (unpaired) electrons. The standard InChI is InChI=1S/C14H13NO3/c16-12-7-5-11(6-8-12)15-13-4-2-1-3-10(13)9-14(17)18/h1-8,15-16H,9H2,(H,17,18). The molecule has 0 saturated heterocycles. The maximum atomic E-state index is 10.8. The molecular formula is C14H13NO3. The zero-order chi connectivity index (χ0) is 13.0. The van der Waals surface area contributed by atoms with Crippen LogP contribution in [0.1, 0.15) is 5.56 Å². The Morgan fingerprint density at radius 2 is 1.72 bits per heavy atom. The Bertz CT molecular complexity index is 549. The summed E-state index contributed by atoms with van der Waals surface area (Å²) in [6.07, 6.45) is -0.0265. The number of para-hydroxylation sites is 1. The van der Waals surface area contributed by atoms with Crippen LogP contribution < -0.4 is 5.32 Å². The van der Waals surface area contributed by atoms with Gasteiger partial charge in [-0.25, -0.2) is 0 Å². The number of nitrogens with one attached hydrogen (secondary N) is 1. The van der Waals surface area contributed by atoms with Crippen molar-refractivity contribution in [3.8, 4) is 5.75 Å². The number of rotatable bonds is 4. The van der Waals surface area contributed by atoms with Gasteiger partial charge >= 0.3 is 5.97 Å². The van der Waals surface area contributed by atoms with Crippen LogP contribution in [0.15, 0.2) is 48.5 Å². The van der Waals surface area contributed by atoms with Gasteiger partial charge in [0.05, 0.1) is 6.42 Å². The maximum absolute atomic E-state index is 10.8. The van der Waals surface area contributed by atoms with Gasteiger partial charge in [-0.3, -0.25) is 4.79 Å². The van der Waals surface area contributed by atoms with Crippen molar-refractivity contribution in [1.82, 2.24) is 0 Å². The van der Waals surface area contributed by atoms with E-state index in [4.69, 9.17) is 5.11 Å². The fourth-order valence-corrected chi connectivity index (χ4v) is 1.66. The topological polar surface area (TPSA) is 69.6 Å². The fraction of sp³-hybridized carbons (Fsp3) is 0.0714. The highest BCUT2D eigenvalue weighted by Crippen LogP contribution is 2.22. The average Bonchev–Trinajstić information content (AvgIpc) is 2.34. The fourth-order valence-electron chi connectivity index (χ4n) is 1.66. The zero-order valence-electron chi connectivity index (χ0n) is 9.63. The molecule has 2 rings (SSSR count). The van der Waals surface area contributed by atoms with E-state index in [1.807, 2.05) is 12.1 Å². The van der Waals surface area contributed by atoms with Crippen molar-refractivity contribution in [3.05, 3.63) is 54.1 Å². The second-order valence-electron chi connectivity index (χ2n) is 3.90. The number of aliphatic carboxylic acids is 1. The molecule has 0 atom stereocenters. The number of hydrogen-bond acceptors (Lipinski definition) is 3. The molecule has 0 aromatic heterocycles. The Labute approximate surface area is 105 Å². The van der Waals surface area contributed by atoms with Crippen molar-refractivity contribution < 1.29 is 15.0 Å². The van der Waals surface area contributed by atoms with E-state index in [0.29, 0.717) is 0 Å². The summed E-state index contributed by atoms with van der Waals surface area (Å²) < 4.78 is 0. The lowest BCUT2D eigenvalue weighted by molar-refractivity contribution is -0.136. The Balaban J connectivity index is 2.23. The summed E-state index contributed by atoms with van der Waals surface area (Å²) in [6.45, 7) is 0. The van der Waals surface area contributed by atoms with Gasteiger partial charge in [0, 0.05) is 11.4 Å². The van der Waals surface area contributed by atoms with E-state index < -0.39 is 5.97 Å². The van der Waals surface area contributed by atoms with Crippen LogP contribution in [0, 0.1) is 0 Å². The summed E-state index contributed by atoms with van der Waals surface area (Å²) in [4.78, 5) is 10.8. The van der Waals surface area contributed by atoms with E-state index in [-0.39, 0.29) is 12.2 Å². The van der Waals surface area contributed by atoms with Crippen LogP contribution in [0.5, 0.6) is 5.75 Å². The van der Waals surface area contributed by atoms with Gasteiger partial charge in [-0.05, 0) is 35.9 Å². The number of carbonyl (C=O) groups is 1. The van der Waals surface area contributed by atoms with E-state index in [1.165, 1.54) is 0 Å². The molecule has 0 saturated carbocycles. The Hall–Kier alpha value is -2.49. The van der Waals surface area contributed by atoms with Gasteiger partial charge in [-0.1, -0.05) is 18.2 Å². The number of hydrogen-bond donors (Lipinski definition) is 3. The number of benzene rings is 2. The summed E-state index contributed by atoms with van der Waals surface area (Å²) in [6, 6.07) is 13.8. The molecule has 0 bridgehead atoms. The summed E-state index contributed by atoms with van der Waals surface area (Å²) in [5, 5.41) is 21.2. The van der Waals surface area contributed by atoms with Crippen LogP contribution in [0.3, 0.4) is 0 Å². The van der Waals surface area contributed by atoms with Crippen LogP contribution in [-0.2, 0) is 11.2 Å². The molecule has 0 fully saturated rings. The highest BCUT2D eigenvalue weighted by Gasteiger charge is 2.06. The first-order valence-electron chi connectivity index (χ1n) is 5.51. The molecule has 0 aliphatic rings. The molecule has 18 heavy (non-hydrogen) atoms. The molecule has 92 valence electrons. The van der Waals surface area contributed by atoms with E-state index in [2.05, 4.69) is 5.32 Å². The second kappa shape index (κ2) is 5.23. The van der Waals surface area contributed by atoms with E-state index >= 15 is 0 Å². The zero-order valence-corrected chi connectivity index (χ0v) is 9.63. The van der Waals surface area contributed by atoms with Gasteiger partial charge in [0.2, 0.25) is 0 Å². The van der Waals surface area contributed by atoms with Crippen molar-refractivity contribution in [3.63, 3.8) is 0 Å². The van der Waals surface area contributed by atoms with Crippen molar-refractivity contribution >= 4 is 17.3 Å². The molecule has 0 aliphatic heterocycles. The van der Waals surface area contributed by atoms with Gasteiger partial charge in [0.25, 0.3) is 0 Å². The smallest absolute Gasteiger partial charge is 0.307 e.